The van der Waals surface area contributed by atoms with Crippen LogP contribution in [0.2, 0.25) is 0 Å². The van der Waals surface area contributed by atoms with Crippen LogP contribution in [0.3, 0.4) is 0 Å². The molecule has 0 aliphatic heterocycles. The van der Waals surface area contributed by atoms with Crippen LogP contribution in [0.4, 0.5) is 0 Å². The van der Waals surface area contributed by atoms with Crippen molar-refractivity contribution < 1.29 is 0 Å². The predicted octanol–water partition coefficient (Wildman–Crippen LogP) is 3.30. The van der Waals surface area contributed by atoms with Crippen molar-refractivity contribution in [1.82, 2.24) is 0 Å². The summed E-state index contributed by atoms with van der Waals surface area (Å²) in [5.74, 6) is 1.27. The molecule has 2 unspecified atom stereocenters. The average Bonchev–Trinajstić information content (AvgIpc) is 2.33. The molecule has 0 N–H and O–H groups in total. The molecule has 0 fully saturated rings. The van der Waals surface area contributed by atoms with Crippen molar-refractivity contribution >= 4 is 22.9 Å². The SMILES string of the molecule is Cc1cc2ccc3c(c2cc1C)=CC(C)C(C)C=3. The molecule has 2 aromatic carbocycles. The maximum atomic E-state index is 2.44. The van der Waals surface area contributed by atoms with Crippen molar-refractivity contribution in [2.45, 2.75) is 27.7 Å². The topological polar surface area (TPSA) is 0 Å². The van der Waals surface area contributed by atoms with Gasteiger partial charge in [0, 0.05) is 0 Å². The number of benzene rings is 2. The lowest BCUT2D eigenvalue weighted by molar-refractivity contribution is 0.609. The minimum absolute atomic E-state index is 0.629. The van der Waals surface area contributed by atoms with Crippen LogP contribution in [-0.2, 0) is 0 Å². The first-order valence-electron chi connectivity index (χ1n) is 6.80. The van der Waals surface area contributed by atoms with Crippen LogP contribution >= 0.6 is 0 Å². The highest BCUT2D eigenvalue weighted by molar-refractivity contribution is 5.85. The van der Waals surface area contributed by atoms with Crippen molar-refractivity contribution in [3.63, 3.8) is 0 Å². The van der Waals surface area contributed by atoms with Crippen molar-refractivity contribution in [2.24, 2.45) is 11.8 Å². The standard InChI is InChI=1S/C18H20/c1-11-7-15-5-6-16-8-12(2)14(4)10-18(16)17(15)9-13(11)3/h5-11,13H,1-4H3. The van der Waals surface area contributed by atoms with E-state index < -0.39 is 0 Å². The maximum absolute atomic E-state index is 2.44. The Kier molecular flexibility index (Phi) is 2.55. The van der Waals surface area contributed by atoms with E-state index in [1.54, 1.807) is 0 Å². The van der Waals surface area contributed by atoms with Crippen LogP contribution in [-0.4, -0.2) is 0 Å². The molecule has 0 heterocycles. The highest BCUT2D eigenvalue weighted by Gasteiger charge is 2.12. The fourth-order valence-electron chi connectivity index (χ4n) is 2.82. The Bertz CT molecular complexity index is 735. The molecule has 0 amide bonds. The second kappa shape index (κ2) is 3.98. The monoisotopic (exact) mass is 236 g/mol. The molecule has 92 valence electrons. The minimum atomic E-state index is 0.629. The molecule has 1 aliphatic rings. The van der Waals surface area contributed by atoms with E-state index in [1.807, 2.05) is 0 Å². The largest absolute Gasteiger partial charge is 0.0732 e. The zero-order valence-electron chi connectivity index (χ0n) is 11.6. The Hall–Kier alpha value is -1.56. The third kappa shape index (κ3) is 1.68. The molecular weight excluding hydrogens is 216 g/mol. The van der Waals surface area contributed by atoms with Gasteiger partial charge in [-0.25, -0.2) is 0 Å². The van der Waals surface area contributed by atoms with Gasteiger partial charge < -0.3 is 0 Å². The number of hydrogen-bond acceptors (Lipinski definition) is 0. The molecule has 0 radical (unpaired) electrons. The van der Waals surface area contributed by atoms with Gasteiger partial charge in [-0.3, -0.25) is 0 Å². The molecule has 0 heteroatoms. The molecule has 0 saturated carbocycles. The molecule has 18 heavy (non-hydrogen) atoms. The quantitative estimate of drug-likeness (QED) is 0.658. The molecule has 2 aromatic rings. The number of fused-ring (bicyclic) bond motifs is 3. The first kappa shape index (κ1) is 11.5. The molecule has 0 saturated heterocycles. The van der Waals surface area contributed by atoms with Gasteiger partial charge in [0.05, 0.1) is 0 Å². The van der Waals surface area contributed by atoms with Crippen molar-refractivity contribution in [1.29, 1.82) is 0 Å². The van der Waals surface area contributed by atoms with Crippen LogP contribution in [0.5, 0.6) is 0 Å². The second-order valence-corrected chi connectivity index (χ2v) is 5.78. The van der Waals surface area contributed by atoms with E-state index in [0.29, 0.717) is 11.8 Å². The van der Waals surface area contributed by atoms with E-state index in [1.165, 1.54) is 32.3 Å². The van der Waals surface area contributed by atoms with E-state index in [-0.39, 0.29) is 0 Å². The summed E-state index contributed by atoms with van der Waals surface area (Å²) in [5.41, 5.74) is 2.76. The predicted molar refractivity (Wildman–Crippen MR) is 79.9 cm³/mol. The van der Waals surface area contributed by atoms with E-state index in [2.05, 4.69) is 64.1 Å². The Balaban J connectivity index is 2.47. The number of hydrogen-bond donors (Lipinski definition) is 0. The summed E-state index contributed by atoms with van der Waals surface area (Å²) in [4.78, 5) is 0. The van der Waals surface area contributed by atoms with Crippen LogP contribution in [0.25, 0.3) is 22.9 Å². The van der Waals surface area contributed by atoms with Crippen LogP contribution < -0.4 is 10.4 Å². The molecular formula is C18H20. The Morgan fingerprint density at radius 1 is 0.833 bits per heavy atom. The summed E-state index contributed by atoms with van der Waals surface area (Å²) < 4.78 is 0. The molecule has 3 rings (SSSR count). The maximum Gasteiger partial charge on any atom is -0.0106 e. The summed E-state index contributed by atoms with van der Waals surface area (Å²) in [6.07, 6.45) is 4.85. The van der Waals surface area contributed by atoms with Gasteiger partial charge in [0.2, 0.25) is 0 Å². The summed E-state index contributed by atoms with van der Waals surface area (Å²) in [6, 6.07) is 9.18. The van der Waals surface area contributed by atoms with Crippen molar-refractivity contribution in [2.75, 3.05) is 0 Å². The lowest BCUT2D eigenvalue weighted by Gasteiger charge is -2.17. The van der Waals surface area contributed by atoms with Gasteiger partial charge >= 0.3 is 0 Å². The summed E-state index contributed by atoms with van der Waals surface area (Å²) in [7, 11) is 0. The fraction of sp³-hybridized carbons (Fsp3) is 0.333. The van der Waals surface area contributed by atoms with Gasteiger partial charge in [0.15, 0.2) is 0 Å². The normalized spacial score (nSPS) is 22.2. The first-order valence-corrected chi connectivity index (χ1v) is 6.80. The molecule has 0 aromatic heterocycles. The third-order valence-electron chi connectivity index (χ3n) is 4.41. The molecule has 0 spiro atoms. The fourth-order valence-corrected chi connectivity index (χ4v) is 2.82. The van der Waals surface area contributed by atoms with Gasteiger partial charge in [0.1, 0.15) is 0 Å². The highest BCUT2D eigenvalue weighted by atomic mass is 14.2. The van der Waals surface area contributed by atoms with Gasteiger partial charge in [-0.2, -0.15) is 0 Å². The zero-order chi connectivity index (χ0) is 12.9. The Labute approximate surface area is 109 Å². The lowest BCUT2D eigenvalue weighted by atomic mass is 9.87. The van der Waals surface area contributed by atoms with E-state index in [4.69, 9.17) is 0 Å². The highest BCUT2D eigenvalue weighted by Crippen LogP contribution is 2.19. The van der Waals surface area contributed by atoms with Crippen LogP contribution in [0.1, 0.15) is 25.0 Å². The molecule has 1 aliphatic carbocycles. The van der Waals surface area contributed by atoms with E-state index in [9.17, 15) is 0 Å². The third-order valence-corrected chi connectivity index (χ3v) is 4.41. The van der Waals surface area contributed by atoms with Gasteiger partial charge in [-0.15, -0.1) is 0 Å². The Morgan fingerprint density at radius 3 is 2.28 bits per heavy atom. The lowest BCUT2D eigenvalue weighted by Crippen LogP contribution is -2.32. The van der Waals surface area contributed by atoms with E-state index in [0.717, 1.165) is 0 Å². The zero-order valence-corrected chi connectivity index (χ0v) is 11.6. The summed E-state index contributed by atoms with van der Waals surface area (Å²) in [5, 5.41) is 5.60. The molecule has 0 bridgehead atoms. The van der Waals surface area contributed by atoms with Gasteiger partial charge in [0.25, 0.3) is 0 Å². The number of rotatable bonds is 0. The van der Waals surface area contributed by atoms with Crippen LogP contribution in [0.15, 0.2) is 24.3 Å². The van der Waals surface area contributed by atoms with Crippen LogP contribution in [0, 0.1) is 25.7 Å². The average molecular weight is 236 g/mol. The van der Waals surface area contributed by atoms with Crippen molar-refractivity contribution in [3.05, 3.63) is 45.8 Å². The second-order valence-electron chi connectivity index (χ2n) is 5.78. The Morgan fingerprint density at radius 2 is 1.50 bits per heavy atom. The van der Waals surface area contributed by atoms with Crippen molar-refractivity contribution in [3.8, 4) is 0 Å². The van der Waals surface area contributed by atoms with Gasteiger partial charge in [-0.05, 0) is 58.0 Å². The minimum Gasteiger partial charge on any atom is -0.0732 e. The number of aryl methyl sites for hydroxylation is 2. The smallest absolute Gasteiger partial charge is 0.0106 e. The summed E-state index contributed by atoms with van der Waals surface area (Å²) in [6.45, 7) is 9.00. The first-order chi connectivity index (χ1) is 8.56. The van der Waals surface area contributed by atoms with Gasteiger partial charge in [-0.1, -0.05) is 50.3 Å². The summed E-state index contributed by atoms with van der Waals surface area (Å²) >= 11 is 0. The molecule has 0 nitrogen and oxygen atoms in total. The molecule has 2 atom stereocenters. The van der Waals surface area contributed by atoms with E-state index >= 15 is 0 Å².